The van der Waals surface area contributed by atoms with Crippen molar-refractivity contribution in [2.75, 3.05) is 12.4 Å². The van der Waals surface area contributed by atoms with Crippen molar-refractivity contribution in [3.8, 4) is 0 Å². The second-order valence-electron chi connectivity index (χ2n) is 7.27. The van der Waals surface area contributed by atoms with Crippen LogP contribution < -0.4 is 11.3 Å². The van der Waals surface area contributed by atoms with Crippen molar-refractivity contribution in [3.05, 3.63) is 22.6 Å². The quantitative estimate of drug-likeness (QED) is 0.195. The van der Waals surface area contributed by atoms with E-state index in [1.54, 1.807) is 0 Å². The van der Waals surface area contributed by atoms with E-state index in [9.17, 15) is 37.8 Å². The Morgan fingerprint density at radius 1 is 1.29 bits per heavy atom. The number of H-pyrrole nitrogens is 1. The highest BCUT2D eigenvalue weighted by Gasteiger charge is 2.61. The molecule has 1 saturated heterocycles. The minimum atomic E-state index is -5.85. The molecule has 3 heterocycles. The van der Waals surface area contributed by atoms with Crippen LogP contribution in [0, 0.1) is 0 Å². The van der Waals surface area contributed by atoms with Crippen LogP contribution in [0.25, 0.3) is 11.0 Å². The molecule has 0 radical (unpaired) electrons. The minimum absolute atomic E-state index is 0.0942. The van der Waals surface area contributed by atoms with E-state index in [2.05, 4.69) is 23.1 Å². The van der Waals surface area contributed by atoms with Crippen molar-refractivity contribution >= 4 is 40.4 Å². The summed E-state index contributed by atoms with van der Waals surface area (Å²) >= 11 is 0. The molecule has 2 aromatic rings. The van der Waals surface area contributed by atoms with Crippen molar-refractivity contribution in [2.24, 2.45) is 0 Å². The van der Waals surface area contributed by atoms with Crippen molar-refractivity contribution in [2.45, 2.75) is 37.1 Å². The van der Waals surface area contributed by atoms with E-state index in [0.717, 1.165) is 17.7 Å². The fraction of sp³-hybridized carbons (Fsp3) is 0.538. The number of aromatic nitrogens is 3. The Morgan fingerprint density at radius 2 is 1.91 bits per heavy atom. The summed E-state index contributed by atoms with van der Waals surface area (Å²) in [6.07, 6.45) is -7.10. The summed E-state index contributed by atoms with van der Waals surface area (Å²) in [4.78, 5) is 54.0. The molecule has 3 unspecified atom stereocenters. The molecule has 0 bridgehead atoms. The summed E-state index contributed by atoms with van der Waals surface area (Å²) in [7, 11) is -17.2. The Bertz CT molecular complexity index is 1320. The fourth-order valence-corrected chi connectivity index (χ4v) is 6.58. The number of aromatic amines is 1. The molecule has 7 atom stereocenters. The van der Waals surface area contributed by atoms with Gasteiger partial charge in [-0.25, -0.2) is 22.5 Å². The van der Waals surface area contributed by atoms with Crippen molar-refractivity contribution in [1.82, 2.24) is 14.5 Å². The van der Waals surface area contributed by atoms with Crippen LogP contribution in [-0.2, 0) is 31.6 Å². The molecule has 0 spiro atoms. The van der Waals surface area contributed by atoms with Gasteiger partial charge in [-0.2, -0.15) is 13.6 Å². The van der Waals surface area contributed by atoms with E-state index in [4.69, 9.17) is 20.3 Å². The van der Waals surface area contributed by atoms with Crippen LogP contribution in [0.1, 0.15) is 13.2 Å². The van der Waals surface area contributed by atoms with E-state index < -0.39 is 65.9 Å². The van der Waals surface area contributed by atoms with E-state index >= 15 is 4.39 Å². The summed E-state index contributed by atoms with van der Waals surface area (Å²) in [5.74, 6) is -0.372. The van der Waals surface area contributed by atoms with Gasteiger partial charge in [-0.3, -0.25) is 14.3 Å². The molecule has 35 heavy (non-hydrogen) atoms. The molecular formula is C13H19F2N4O13P3. The Morgan fingerprint density at radius 3 is 2.49 bits per heavy atom. The third kappa shape index (κ3) is 5.88. The number of aliphatic hydroxyl groups excluding tert-OH is 1. The Balaban J connectivity index is 1.88. The normalized spacial score (nSPS) is 29.7. The van der Waals surface area contributed by atoms with Gasteiger partial charge in [0.05, 0.1) is 11.5 Å². The third-order valence-corrected chi connectivity index (χ3v) is 8.66. The molecule has 22 heteroatoms. The van der Waals surface area contributed by atoms with E-state index in [1.807, 2.05) is 0 Å². The number of phosphoric ester groups is 1. The number of aliphatic hydroxyl groups is 1. The first kappa shape index (κ1) is 28.0. The zero-order chi connectivity index (χ0) is 26.6. The van der Waals surface area contributed by atoms with Crippen molar-refractivity contribution in [3.63, 3.8) is 0 Å². The number of nitrogen functional groups attached to an aromatic ring is 1. The minimum Gasteiger partial charge on any atom is -0.387 e. The number of anilines is 1. The lowest BCUT2D eigenvalue weighted by Crippen LogP contribution is -2.46. The maximum Gasteiger partial charge on any atom is 0.490 e. The number of nitrogens with one attached hydrogen (secondary N) is 1. The standard InChI is InChI=1S/C13H19F2N4O13P3/c1-5(30-34(25,26)32-35(27,28)31-33(22,23)24)7-8(20)13(15,4-14)11(29-7)19-3-2-6-9(19)17-12(16)18-10(6)21/h2-3,5,7-8,11,20H,4H2,1H3,(H,25,26)(H,27,28)(H2,22,23,24)(H3,16,17,18,21)/t5-,7+,8?,11+,13+/m0/s1. The predicted octanol–water partition coefficient (Wildman–Crippen LogP) is -0.0253. The van der Waals surface area contributed by atoms with Gasteiger partial charge in [-0.1, -0.05) is 0 Å². The number of fused-ring (bicyclic) bond motifs is 1. The largest absolute Gasteiger partial charge is 0.490 e. The second kappa shape index (κ2) is 9.37. The molecule has 17 nitrogen and oxygen atoms in total. The number of hydrogen-bond donors (Lipinski definition) is 7. The average molecular weight is 570 g/mol. The summed E-state index contributed by atoms with van der Waals surface area (Å²) in [6.45, 7) is -0.947. The molecule has 0 aromatic carbocycles. The smallest absolute Gasteiger partial charge is 0.387 e. The van der Waals surface area contributed by atoms with Gasteiger partial charge in [0.25, 0.3) is 5.56 Å². The van der Waals surface area contributed by atoms with E-state index in [-0.39, 0.29) is 17.0 Å². The van der Waals surface area contributed by atoms with Gasteiger partial charge in [0, 0.05) is 6.20 Å². The zero-order valence-corrected chi connectivity index (χ0v) is 19.9. The first-order valence-corrected chi connectivity index (χ1v) is 13.7. The Kier molecular flexibility index (Phi) is 7.49. The summed E-state index contributed by atoms with van der Waals surface area (Å²) in [6, 6.07) is 1.18. The number of hydrogen-bond acceptors (Lipinski definition) is 11. The number of ether oxygens (including phenoxy) is 1. The van der Waals surface area contributed by atoms with Crippen LogP contribution >= 0.6 is 23.5 Å². The zero-order valence-electron chi connectivity index (χ0n) is 17.2. The Hall–Kier alpha value is -1.59. The van der Waals surface area contributed by atoms with Crippen molar-refractivity contribution in [1.29, 1.82) is 0 Å². The predicted molar refractivity (Wildman–Crippen MR) is 109 cm³/mol. The highest BCUT2D eigenvalue weighted by atomic mass is 31.3. The first-order valence-electron chi connectivity index (χ1n) is 9.16. The molecule has 1 fully saturated rings. The summed E-state index contributed by atoms with van der Waals surface area (Å²) < 4.78 is 81.4. The second-order valence-corrected chi connectivity index (χ2v) is 11.6. The number of phosphoric acid groups is 3. The van der Waals surface area contributed by atoms with Crippen LogP contribution in [-0.4, -0.2) is 69.9 Å². The van der Waals surface area contributed by atoms with Crippen molar-refractivity contribution < 1.29 is 65.0 Å². The van der Waals surface area contributed by atoms with Crippen LogP contribution in [0.4, 0.5) is 14.7 Å². The number of nitrogens with two attached hydrogens (primary N) is 1. The van der Waals surface area contributed by atoms with Gasteiger partial charge in [-0.15, -0.1) is 0 Å². The molecule has 0 amide bonds. The number of halogens is 2. The van der Waals surface area contributed by atoms with Gasteiger partial charge >= 0.3 is 23.5 Å². The lowest BCUT2D eigenvalue weighted by Gasteiger charge is -2.27. The van der Waals surface area contributed by atoms with Gasteiger partial charge in [0.15, 0.2) is 11.9 Å². The van der Waals surface area contributed by atoms with Crippen LogP contribution in [0.3, 0.4) is 0 Å². The highest BCUT2D eigenvalue weighted by Crippen LogP contribution is 2.66. The number of nitrogens with zero attached hydrogens (tertiary/aromatic N) is 2. The summed E-state index contributed by atoms with van der Waals surface area (Å²) in [5.41, 5.74) is 1.29. The van der Waals surface area contributed by atoms with Gasteiger partial charge in [0.1, 0.15) is 18.9 Å². The van der Waals surface area contributed by atoms with Gasteiger partial charge in [-0.05, 0) is 13.0 Å². The van der Waals surface area contributed by atoms with E-state index in [1.165, 1.54) is 6.07 Å². The highest BCUT2D eigenvalue weighted by molar-refractivity contribution is 7.66. The first-order chi connectivity index (χ1) is 15.9. The SMILES string of the molecule is C[C@H](OP(=O)(O)OP(=O)(O)OP(=O)(O)O)[C@H]1O[C@@H](n2ccc3c(=O)[nH]c(N)nc32)[C@@](F)(CF)C1O. The fourth-order valence-electron chi connectivity index (χ4n) is 3.38. The Labute approximate surface area is 192 Å². The number of rotatable bonds is 9. The molecule has 1 aliphatic heterocycles. The maximum atomic E-state index is 15.6. The molecule has 2 aromatic heterocycles. The van der Waals surface area contributed by atoms with E-state index in [0.29, 0.717) is 0 Å². The molecule has 1 aliphatic rings. The molecule has 3 rings (SSSR count). The van der Waals surface area contributed by atoms with Crippen LogP contribution in [0.5, 0.6) is 0 Å². The lowest BCUT2D eigenvalue weighted by molar-refractivity contribution is -0.0816. The average Bonchev–Trinajstić information content (AvgIpc) is 3.18. The molecule has 198 valence electrons. The van der Waals surface area contributed by atoms with Crippen LogP contribution in [0.2, 0.25) is 0 Å². The molecule has 0 saturated carbocycles. The molecule has 0 aliphatic carbocycles. The van der Waals surface area contributed by atoms with Gasteiger partial charge in [0.2, 0.25) is 11.6 Å². The van der Waals surface area contributed by atoms with Gasteiger partial charge < -0.3 is 39.7 Å². The lowest BCUT2D eigenvalue weighted by atomic mass is 9.95. The molecule has 8 N–H and O–H groups in total. The maximum absolute atomic E-state index is 15.6. The monoisotopic (exact) mass is 570 g/mol. The van der Waals surface area contributed by atoms with Crippen LogP contribution in [0.15, 0.2) is 17.1 Å². The number of alkyl halides is 2. The molecular weight excluding hydrogens is 551 g/mol. The third-order valence-electron chi connectivity index (χ3n) is 4.73. The topological polar surface area (TPSA) is 266 Å². The summed E-state index contributed by atoms with van der Waals surface area (Å²) in [5, 5.41) is 10.3.